The molecule has 20 heavy (non-hydrogen) atoms. The summed E-state index contributed by atoms with van der Waals surface area (Å²) in [6.45, 7) is 16.4. The van der Waals surface area contributed by atoms with E-state index < -0.39 is 14.8 Å². The Morgan fingerprint density at radius 3 is 1.25 bits per heavy atom. The van der Waals surface area contributed by atoms with Gasteiger partial charge in [-0.2, -0.15) is 5.54 Å². The Morgan fingerprint density at radius 2 is 1.05 bits per heavy atom. The van der Waals surface area contributed by atoms with Crippen molar-refractivity contribution in [3.8, 4) is 11.4 Å². The van der Waals surface area contributed by atoms with Crippen LogP contribution in [0.1, 0.15) is 41.5 Å². The van der Waals surface area contributed by atoms with Crippen LogP contribution < -0.4 is 18.9 Å². The summed E-state index contributed by atoms with van der Waals surface area (Å²) < 4.78 is 17.8. The predicted octanol–water partition coefficient (Wildman–Crippen LogP) is 0.624. The van der Waals surface area contributed by atoms with Crippen molar-refractivity contribution in [3.63, 3.8) is 0 Å². The second kappa shape index (κ2) is 9.36. The van der Waals surface area contributed by atoms with Gasteiger partial charge in [-0.05, 0) is 41.5 Å². The maximum Gasteiger partial charge on any atom is 1.00 e. The van der Waals surface area contributed by atoms with E-state index in [1.54, 1.807) is 0 Å². The molecule has 0 aliphatic rings. The van der Waals surface area contributed by atoms with E-state index in [4.69, 9.17) is 14.0 Å². The van der Waals surface area contributed by atoms with Crippen LogP contribution in [0, 0.1) is 11.4 Å². The Hall–Kier alpha value is 0.319. The molecule has 0 aliphatic carbocycles. The Bertz CT molecular complexity index is 303. The first-order valence-electron chi connectivity index (χ1n) is 7.17. The average molecular weight is 292 g/mol. The molecule has 0 rings (SSSR count). The standard InChI is InChI=1S/C14H30BO3Si.Li/c1-12(2)16-15(17-13(3)4,18-14(5)6)10-11-19(7,8)9;/h12-14H,1-9H3;/q-1;+1. The molecule has 0 aromatic rings. The van der Waals surface area contributed by atoms with Crippen molar-refractivity contribution in [1.29, 1.82) is 0 Å². The molecule has 3 nitrogen and oxygen atoms in total. The maximum atomic E-state index is 5.92. The molecule has 0 amide bonds. The second-order valence-electron chi connectivity index (χ2n) is 6.72. The average Bonchev–Trinajstić information content (AvgIpc) is 2.09. The monoisotopic (exact) mass is 292 g/mol. The second-order valence-corrected chi connectivity index (χ2v) is 11.5. The summed E-state index contributed by atoms with van der Waals surface area (Å²) in [7, 11) is -1.51. The first-order chi connectivity index (χ1) is 8.46. The van der Waals surface area contributed by atoms with Crippen LogP contribution in [0.3, 0.4) is 0 Å². The van der Waals surface area contributed by atoms with Crippen LogP contribution in [0.25, 0.3) is 0 Å². The van der Waals surface area contributed by atoms with Crippen LogP contribution in [0.5, 0.6) is 0 Å². The Morgan fingerprint density at radius 1 is 0.750 bits per heavy atom. The van der Waals surface area contributed by atoms with Crippen molar-refractivity contribution < 1.29 is 32.8 Å². The van der Waals surface area contributed by atoms with Gasteiger partial charge in [-0.25, -0.2) is 5.82 Å². The zero-order valence-electron chi connectivity index (χ0n) is 15.0. The molecule has 0 N–H and O–H groups in total. The first kappa shape index (κ1) is 22.6. The van der Waals surface area contributed by atoms with Crippen molar-refractivity contribution in [1.82, 2.24) is 0 Å². The minimum absolute atomic E-state index is 0. The SMILES string of the molecule is CC(C)O[B-](C#C[Si](C)(C)C)(OC(C)C)OC(C)C.[Li+]. The molecule has 0 bridgehead atoms. The minimum atomic E-state index is -2.00. The minimum Gasteiger partial charge on any atom is -0.532 e. The quantitative estimate of drug-likeness (QED) is 0.531. The summed E-state index contributed by atoms with van der Waals surface area (Å²) in [5, 5.41) is 0. The zero-order valence-corrected chi connectivity index (χ0v) is 16.0. The molecule has 0 fully saturated rings. The Labute approximate surface area is 138 Å². The van der Waals surface area contributed by atoms with Crippen molar-refractivity contribution in [2.24, 2.45) is 0 Å². The van der Waals surface area contributed by atoms with Gasteiger partial charge < -0.3 is 14.0 Å². The van der Waals surface area contributed by atoms with Gasteiger partial charge in [0, 0.05) is 18.3 Å². The van der Waals surface area contributed by atoms with E-state index in [2.05, 4.69) is 31.0 Å². The molecule has 0 unspecified atom stereocenters. The van der Waals surface area contributed by atoms with Gasteiger partial charge in [-0.1, -0.05) is 19.6 Å². The molecule has 112 valence electrons. The van der Waals surface area contributed by atoms with Gasteiger partial charge in [0.05, 0.1) is 0 Å². The van der Waals surface area contributed by atoms with Crippen LogP contribution in [-0.2, 0) is 14.0 Å². The van der Waals surface area contributed by atoms with Gasteiger partial charge in [-0.3, -0.25) is 0 Å². The fourth-order valence-electron chi connectivity index (χ4n) is 1.58. The number of rotatable bonds is 6. The smallest absolute Gasteiger partial charge is 0.532 e. The van der Waals surface area contributed by atoms with Gasteiger partial charge in [0.15, 0.2) is 0 Å². The topological polar surface area (TPSA) is 27.7 Å². The molecule has 0 aromatic heterocycles. The molecule has 0 atom stereocenters. The summed E-state index contributed by atoms with van der Waals surface area (Å²) in [5.41, 5.74) is 3.32. The molecule has 0 saturated heterocycles. The first-order valence-corrected chi connectivity index (χ1v) is 10.7. The Balaban J connectivity index is 0. The largest absolute Gasteiger partial charge is 1.00 e. The van der Waals surface area contributed by atoms with Crippen molar-refractivity contribution in [3.05, 3.63) is 0 Å². The third-order valence-electron chi connectivity index (χ3n) is 1.98. The van der Waals surface area contributed by atoms with Gasteiger partial charge in [0.1, 0.15) is 8.07 Å². The fourth-order valence-corrected chi connectivity index (χ4v) is 2.19. The number of hydrogen-bond acceptors (Lipinski definition) is 3. The molecule has 0 aromatic carbocycles. The van der Waals surface area contributed by atoms with Gasteiger partial charge >= 0.3 is 25.6 Å². The molecule has 0 radical (unpaired) electrons. The molecule has 6 heteroatoms. The van der Waals surface area contributed by atoms with Crippen LogP contribution in [-0.4, -0.2) is 33.1 Å². The van der Waals surface area contributed by atoms with E-state index >= 15 is 0 Å². The van der Waals surface area contributed by atoms with E-state index in [0.717, 1.165) is 0 Å². The zero-order chi connectivity index (χ0) is 15.3. The van der Waals surface area contributed by atoms with Gasteiger partial charge in [-0.15, -0.1) is 0 Å². The summed E-state index contributed by atoms with van der Waals surface area (Å²) in [6, 6.07) is 0. The molecule has 0 heterocycles. The molecular formula is C14H30BLiO3Si. The van der Waals surface area contributed by atoms with E-state index in [-0.39, 0.29) is 37.2 Å². The van der Waals surface area contributed by atoms with Gasteiger partial charge in [0.2, 0.25) is 0 Å². The number of hydrogen-bond donors (Lipinski definition) is 0. The van der Waals surface area contributed by atoms with Crippen LogP contribution in [0.2, 0.25) is 19.6 Å². The third-order valence-corrected chi connectivity index (χ3v) is 2.87. The normalized spacial score (nSPS) is 12.4. The summed E-state index contributed by atoms with van der Waals surface area (Å²) in [6.07, 6.45) is 0.0234. The van der Waals surface area contributed by atoms with E-state index in [9.17, 15) is 0 Å². The molecule has 0 aliphatic heterocycles. The van der Waals surface area contributed by atoms with E-state index in [1.165, 1.54) is 0 Å². The van der Waals surface area contributed by atoms with Crippen LogP contribution >= 0.6 is 0 Å². The van der Waals surface area contributed by atoms with Crippen molar-refractivity contribution in [2.45, 2.75) is 79.5 Å². The van der Waals surface area contributed by atoms with Gasteiger partial charge in [0.25, 0.3) is 0 Å². The molecular weight excluding hydrogens is 262 g/mol. The summed E-state index contributed by atoms with van der Waals surface area (Å²) >= 11 is 0. The van der Waals surface area contributed by atoms with E-state index in [1.807, 2.05) is 41.5 Å². The van der Waals surface area contributed by atoms with Crippen LogP contribution in [0.4, 0.5) is 0 Å². The van der Waals surface area contributed by atoms with E-state index in [0.29, 0.717) is 0 Å². The third kappa shape index (κ3) is 11.0. The van der Waals surface area contributed by atoms with Crippen molar-refractivity contribution >= 4 is 14.8 Å². The van der Waals surface area contributed by atoms with Crippen LogP contribution in [0.15, 0.2) is 0 Å². The molecule has 0 saturated carbocycles. The predicted molar refractivity (Wildman–Crippen MR) is 85.5 cm³/mol. The fraction of sp³-hybridized carbons (Fsp3) is 0.857. The summed E-state index contributed by atoms with van der Waals surface area (Å²) in [4.78, 5) is 0. The summed E-state index contributed by atoms with van der Waals surface area (Å²) in [5.74, 6) is 3.17. The Kier molecular flexibility index (Phi) is 10.6. The molecule has 0 spiro atoms. The maximum absolute atomic E-state index is 5.92. The van der Waals surface area contributed by atoms with Crippen molar-refractivity contribution in [2.75, 3.05) is 0 Å².